The lowest BCUT2D eigenvalue weighted by molar-refractivity contribution is -0.141. The number of ether oxygens (including phenoxy) is 3. The zero-order valence-electron chi connectivity index (χ0n) is 19.9. The number of rotatable bonds is 11. The quantitative estimate of drug-likeness (QED) is 0.444. The topological polar surface area (TPSA) is 68.3 Å². The van der Waals surface area contributed by atoms with Crippen LogP contribution in [0.1, 0.15) is 36.5 Å². The van der Waals surface area contributed by atoms with E-state index in [0.717, 1.165) is 30.0 Å². The van der Waals surface area contributed by atoms with Crippen molar-refractivity contribution in [3.05, 3.63) is 64.7 Å². The number of halogens is 1. The van der Waals surface area contributed by atoms with Crippen molar-refractivity contribution in [3.63, 3.8) is 0 Å². The minimum Gasteiger partial charge on any atom is -0.497 e. The largest absolute Gasteiger partial charge is 0.497 e. The highest BCUT2D eigenvalue weighted by atomic mass is 35.5. The first-order chi connectivity index (χ1) is 16.5. The van der Waals surface area contributed by atoms with E-state index in [1.807, 2.05) is 53.4 Å². The second-order valence-electron chi connectivity index (χ2n) is 8.32. The van der Waals surface area contributed by atoms with Crippen LogP contribution in [0.4, 0.5) is 0 Å². The van der Waals surface area contributed by atoms with Gasteiger partial charge in [0.1, 0.15) is 5.75 Å². The van der Waals surface area contributed by atoms with Crippen LogP contribution in [0.2, 0.25) is 5.02 Å². The molecule has 1 unspecified atom stereocenters. The Morgan fingerprint density at radius 2 is 1.76 bits per heavy atom. The minimum absolute atomic E-state index is 0.0881. The fourth-order valence-electron chi connectivity index (χ4n) is 3.98. The minimum atomic E-state index is -0.279. The van der Waals surface area contributed by atoms with Crippen molar-refractivity contribution < 1.29 is 23.8 Å². The second-order valence-corrected chi connectivity index (χ2v) is 8.75. The predicted octanol–water partition coefficient (Wildman–Crippen LogP) is 4.09. The maximum absolute atomic E-state index is 12.5. The number of benzene rings is 2. The Morgan fingerprint density at radius 1 is 1.00 bits per heavy atom. The highest BCUT2D eigenvalue weighted by molar-refractivity contribution is 6.30. The van der Waals surface area contributed by atoms with E-state index in [1.54, 1.807) is 7.11 Å². The van der Waals surface area contributed by atoms with Gasteiger partial charge in [0, 0.05) is 50.6 Å². The van der Waals surface area contributed by atoms with Gasteiger partial charge < -0.3 is 19.1 Å². The first kappa shape index (κ1) is 26.0. The molecule has 1 aliphatic heterocycles. The number of carbonyl (C=O) groups excluding carboxylic acids is 2. The van der Waals surface area contributed by atoms with Crippen molar-refractivity contribution in [1.29, 1.82) is 0 Å². The molecule has 0 saturated carbocycles. The summed E-state index contributed by atoms with van der Waals surface area (Å²) in [6.07, 6.45) is 0.996. The number of esters is 1. The average Bonchev–Trinajstić information content (AvgIpc) is 2.86. The lowest BCUT2D eigenvalue weighted by Crippen LogP contribution is -2.49. The van der Waals surface area contributed by atoms with Gasteiger partial charge in [0.15, 0.2) is 0 Å². The normalized spacial score (nSPS) is 15.1. The molecular formula is C26H33ClN2O5. The Labute approximate surface area is 206 Å². The average molecular weight is 489 g/mol. The van der Waals surface area contributed by atoms with E-state index in [0.29, 0.717) is 44.1 Å². The van der Waals surface area contributed by atoms with E-state index in [-0.39, 0.29) is 24.4 Å². The monoisotopic (exact) mass is 488 g/mol. The maximum Gasteiger partial charge on any atom is 0.305 e. The van der Waals surface area contributed by atoms with Crippen LogP contribution in [0, 0.1) is 0 Å². The molecule has 1 amide bonds. The third-order valence-corrected chi connectivity index (χ3v) is 6.19. The number of nitrogens with zero attached hydrogens (tertiary/aromatic N) is 2. The van der Waals surface area contributed by atoms with Crippen LogP contribution in [-0.4, -0.2) is 68.6 Å². The molecule has 184 valence electrons. The summed E-state index contributed by atoms with van der Waals surface area (Å²) in [5, 5.41) is 0.686. The predicted molar refractivity (Wildman–Crippen MR) is 131 cm³/mol. The van der Waals surface area contributed by atoms with Crippen molar-refractivity contribution in [2.75, 3.05) is 46.9 Å². The van der Waals surface area contributed by atoms with Gasteiger partial charge in [-0.3, -0.25) is 14.5 Å². The molecule has 7 nitrogen and oxygen atoms in total. The molecule has 0 bridgehead atoms. The fourth-order valence-corrected chi connectivity index (χ4v) is 4.19. The molecule has 2 aromatic carbocycles. The zero-order chi connectivity index (χ0) is 24.3. The fraction of sp³-hybridized carbons (Fsp3) is 0.462. The highest BCUT2D eigenvalue weighted by Crippen LogP contribution is 2.25. The SMILES string of the molecule is COC(=O)CCCC(=O)N1CCN(CC(OCc2cccc(Cl)c2)c2cccc(OC)c2)CC1. The van der Waals surface area contributed by atoms with Crippen molar-refractivity contribution >= 4 is 23.5 Å². The van der Waals surface area contributed by atoms with Gasteiger partial charge >= 0.3 is 5.97 Å². The van der Waals surface area contributed by atoms with E-state index in [2.05, 4.69) is 9.64 Å². The molecule has 0 radical (unpaired) electrons. The summed E-state index contributed by atoms with van der Waals surface area (Å²) in [5.41, 5.74) is 2.06. The first-order valence-electron chi connectivity index (χ1n) is 11.6. The van der Waals surface area contributed by atoms with Crippen LogP contribution in [0.25, 0.3) is 0 Å². The van der Waals surface area contributed by atoms with E-state index < -0.39 is 0 Å². The smallest absolute Gasteiger partial charge is 0.305 e. The van der Waals surface area contributed by atoms with Gasteiger partial charge in [0.25, 0.3) is 0 Å². The number of amides is 1. The Balaban J connectivity index is 1.57. The third-order valence-electron chi connectivity index (χ3n) is 5.95. The summed E-state index contributed by atoms with van der Waals surface area (Å²) in [5.74, 6) is 0.598. The van der Waals surface area contributed by atoms with Gasteiger partial charge in [0.05, 0.1) is 26.9 Å². The number of hydrogen-bond acceptors (Lipinski definition) is 6. The van der Waals surface area contributed by atoms with Gasteiger partial charge in [-0.15, -0.1) is 0 Å². The van der Waals surface area contributed by atoms with Crippen molar-refractivity contribution in [1.82, 2.24) is 9.80 Å². The van der Waals surface area contributed by atoms with Crippen LogP contribution < -0.4 is 4.74 Å². The number of piperazine rings is 1. The maximum atomic E-state index is 12.5. The van der Waals surface area contributed by atoms with Crippen LogP contribution in [0.5, 0.6) is 5.75 Å². The van der Waals surface area contributed by atoms with Gasteiger partial charge in [0.2, 0.25) is 5.91 Å². The highest BCUT2D eigenvalue weighted by Gasteiger charge is 2.24. The molecule has 0 aromatic heterocycles. The van der Waals surface area contributed by atoms with E-state index >= 15 is 0 Å². The van der Waals surface area contributed by atoms with E-state index in [9.17, 15) is 9.59 Å². The van der Waals surface area contributed by atoms with Crippen molar-refractivity contribution in [3.8, 4) is 5.75 Å². The Kier molecular flexibility index (Phi) is 10.2. The molecule has 1 atom stereocenters. The van der Waals surface area contributed by atoms with E-state index in [4.69, 9.17) is 21.1 Å². The molecule has 2 aromatic rings. The Hall–Kier alpha value is -2.61. The number of hydrogen-bond donors (Lipinski definition) is 0. The molecule has 8 heteroatoms. The molecule has 34 heavy (non-hydrogen) atoms. The lowest BCUT2D eigenvalue weighted by Gasteiger charge is -2.36. The van der Waals surface area contributed by atoms with Crippen LogP contribution in [0.3, 0.4) is 0 Å². The van der Waals surface area contributed by atoms with Crippen LogP contribution >= 0.6 is 11.6 Å². The molecule has 1 heterocycles. The zero-order valence-corrected chi connectivity index (χ0v) is 20.6. The molecule has 0 spiro atoms. The summed E-state index contributed by atoms with van der Waals surface area (Å²) in [6.45, 7) is 4.01. The molecule has 1 fully saturated rings. The van der Waals surface area contributed by atoms with Crippen molar-refractivity contribution in [2.45, 2.75) is 32.0 Å². The molecule has 1 aliphatic rings. The van der Waals surface area contributed by atoms with Gasteiger partial charge in [-0.1, -0.05) is 35.9 Å². The third kappa shape index (κ3) is 8.01. The Bertz CT molecular complexity index is 946. The molecule has 0 N–H and O–H groups in total. The van der Waals surface area contributed by atoms with Gasteiger partial charge in [-0.05, 0) is 41.8 Å². The number of carbonyl (C=O) groups is 2. The first-order valence-corrected chi connectivity index (χ1v) is 11.9. The summed E-state index contributed by atoms with van der Waals surface area (Å²) in [7, 11) is 3.02. The molecular weight excluding hydrogens is 456 g/mol. The molecule has 0 aliphatic carbocycles. The van der Waals surface area contributed by atoms with Crippen LogP contribution in [-0.2, 0) is 25.7 Å². The number of methoxy groups -OCH3 is 2. The van der Waals surface area contributed by atoms with Crippen LogP contribution in [0.15, 0.2) is 48.5 Å². The lowest BCUT2D eigenvalue weighted by atomic mass is 10.1. The Morgan fingerprint density at radius 3 is 2.47 bits per heavy atom. The standard InChI is InChI=1S/C26H33ClN2O5/c1-32-23-9-4-7-21(17-23)24(34-19-20-6-3-8-22(27)16-20)18-28-12-14-29(15-13-28)25(30)10-5-11-26(31)33-2/h3-4,6-9,16-17,24H,5,10-15,18-19H2,1-2H3. The van der Waals surface area contributed by atoms with Crippen molar-refractivity contribution in [2.24, 2.45) is 0 Å². The summed E-state index contributed by atoms with van der Waals surface area (Å²) in [4.78, 5) is 27.9. The van der Waals surface area contributed by atoms with Gasteiger partial charge in [-0.25, -0.2) is 0 Å². The van der Waals surface area contributed by atoms with E-state index in [1.165, 1.54) is 7.11 Å². The second kappa shape index (κ2) is 13.3. The molecule has 3 rings (SSSR count). The molecule has 1 saturated heterocycles. The summed E-state index contributed by atoms with van der Waals surface area (Å²) in [6, 6.07) is 15.6. The van der Waals surface area contributed by atoms with Gasteiger partial charge in [-0.2, -0.15) is 0 Å². The summed E-state index contributed by atoms with van der Waals surface area (Å²) < 4.78 is 16.4. The summed E-state index contributed by atoms with van der Waals surface area (Å²) >= 11 is 6.13.